The molecule has 0 atom stereocenters. The van der Waals surface area contributed by atoms with Crippen LogP contribution in [-0.2, 0) is 27.2 Å². The number of piperazine rings is 1. The fourth-order valence-corrected chi connectivity index (χ4v) is 5.55. The van der Waals surface area contributed by atoms with Crippen molar-refractivity contribution in [3.8, 4) is 0 Å². The summed E-state index contributed by atoms with van der Waals surface area (Å²) in [6.07, 6.45) is 6.04. The van der Waals surface area contributed by atoms with Crippen LogP contribution in [0.25, 0.3) is 11.7 Å². The van der Waals surface area contributed by atoms with Gasteiger partial charge in [-0.3, -0.25) is 14.0 Å². The highest BCUT2D eigenvalue weighted by molar-refractivity contribution is 7.09. The van der Waals surface area contributed by atoms with E-state index in [9.17, 15) is 14.4 Å². The van der Waals surface area contributed by atoms with E-state index in [-0.39, 0.29) is 22.9 Å². The highest BCUT2D eigenvalue weighted by atomic mass is 35.5. The number of amides is 1. The van der Waals surface area contributed by atoms with Crippen molar-refractivity contribution in [2.24, 2.45) is 0 Å². The summed E-state index contributed by atoms with van der Waals surface area (Å²) in [7, 11) is 0. The Labute approximate surface area is 243 Å². The average Bonchev–Trinajstić information content (AvgIpc) is 3.39. The Hall–Kier alpha value is -3.24. The number of alkyl halides is 1. The summed E-state index contributed by atoms with van der Waals surface area (Å²) in [4.78, 5) is 51.4. The van der Waals surface area contributed by atoms with Gasteiger partial charge in [0.05, 0.1) is 16.3 Å². The van der Waals surface area contributed by atoms with Gasteiger partial charge in [-0.05, 0) is 56.9 Å². The number of fused-ring (bicyclic) bond motifs is 1. The topological polar surface area (TPSA) is 97.1 Å². The Kier molecular flexibility index (Phi) is 9.30. The van der Waals surface area contributed by atoms with Crippen LogP contribution in [0.5, 0.6) is 0 Å². The maximum atomic E-state index is 13.7. The lowest BCUT2D eigenvalue weighted by Gasteiger charge is -2.35. The van der Waals surface area contributed by atoms with Gasteiger partial charge >= 0.3 is 5.97 Å². The minimum Gasteiger partial charge on any atom is -0.457 e. The normalized spacial score (nSPS) is 14.5. The second kappa shape index (κ2) is 12.5. The molecule has 1 amide bonds. The summed E-state index contributed by atoms with van der Waals surface area (Å²) < 4.78 is 6.88. The molecule has 1 saturated heterocycles. The predicted octanol–water partition coefficient (Wildman–Crippen LogP) is 4.30. The van der Waals surface area contributed by atoms with Crippen LogP contribution in [0.2, 0.25) is 0 Å². The van der Waals surface area contributed by atoms with E-state index < -0.39 is 11.6 Å². The minimum absolute atomic E-state index is 0.0675. The predicted molar refractivity (Wildman–Crippen MR) is 159 cm³/mol. The zero-order valence-corrected chi connectivity index (χ0v) is 25.2. The van der Waals surface area contributed by atoms with E-state index in [0.29, 0.717) is 43.6 Å². The van der Waals surface area contributed by atoms with Crippen molar-refractivity contribution in [1.82, 2.24) is 19.3 Å². The first-order valence-corrected chi connectivity index (χ1v) is 14.9. The number of ether oxygens (including phenoxy) is 1. The van der Waals surface area contributed by atoms with Gasteiger partial charge in [0.2, 0.25) is 5.91 Å². The number of thiazole rings is 1. The summed E-state index contributed by atoms with van der Waals surface area (Å²) >= 11 is 7.41. The second-order valence-corrected chi connectivity index (χ2v) is 12.3. The van der Waals surface area contributed by atoms with Crippen LogP contribution in [0.4, 0.5) is 5.82 Å². The number of aromatic nitrogens is 3. The molecule has 3 aromatic heterocycles. The molecule has 9 nitrogen and oxygen atoms in total. The number of hydrogen-bond donors (Lipinski definition) is 0. The Morgan fingerprint density at radius 2 is 1.88 bits per heavy atom. The molecule has 11 heteroatoms. The molecule has 3 aromatic rings. The van der Waals surface area contributed by atoms with Crippen molar-refractivity contribution in [3.05, 3.63) is 62.0 Å². The van der Waals surface area contributed by atoms with Crippen molar-refractivity contribution in [1.29, 1.82) is 0 Å². The summed E-state index contributed by atoms with van der Waals surface area (Å²) in [5, 5.41) is 3.20. The molecule has 4 heterocycles. The molecule has 0 aliphatic carbocycles. The Morgan fingerprint density at radius 1 is 1.15 bits per heavy atom. The SMILES string of the molecule is CC(C)c1csc(CCc2ccn3c(=O)c(C=CC(=O)OC(C)(C)C)c(N4CCN(C(=O)CCl)CC4)nc3c2)n1. The maximum Gasteiger partial charge on any atom is 0.331 e. The molecule has 0 aromatic carbocycles. The Balaban J connectivity index is 1.66. The highest BCUT2D eigenvalue weighted by Gasteiger charge is 2.25. The van der Waals surface area contributed by atoms with Crippen LogP contribution in [0.3, 0.4) is 0 Å². The molecule has 40 heavy (non-hydrogen) atoms. The third kappa shape index (κ3) is 7.28. The molecule has 0 radical (unpaired) electrons. The number of pyridine rings is 1. The number of carbonyl (C=O) groups excluding carboxylic acids is 2. The summed E-state index contributed by atoms with van der Waals surface area (Å²) in [5.41, 5.74) is 2.03. The van der Waals surface area contributed by atoms with E-state index in [2.05, 4.69) is 19.2 Å². The Morgan fingerprint density at radius 3 is 2.50 bits per heavy atom. The number of esters is 1. The fourth-order valence-electron chi connectivity index (χ4n) is 4.42. The van der Waals surface area contributed by atoms with Crippen molar-refractivity contribution < 1.29 is 14.3 Å². The number of hydrogen-bond acceptors (Lipinski definition) is 8. The van der Waals surface area contributed by atoms with E-state index >= 15 is 0 Å². The van der Waals surface area contributed by atoms with Crippen LogP contribution < -0.4 is 10.5 Å². The van der Waals surface area contributed by atoms with Crippen molar-refractivity contribution in [3.63, 3.8) is 0 Å². The minimum atomic E-state index is -0.655. The lowest BCUT2D eigenvalue weighted by atomic mass is 10.1. The maximum absolute atomic E-state index is 13.7. The van der Waals surface area contributed by atoms with Crippen LogP contribution >= 0.6 is 22.9 Å². The second-order valence-electron chi connectivity index (χ2n) is 11.1. The van der Waals surface area contributed by atoms with Gasteiger partial charge in [-0.15, -0.1) is 22.9 Å². The molecular weight excluding hydrogens is 550 g/mol. The summed E-state index contributed by atoms with van der Waals surface area (Å²) in [6.45, 7) is 11.5. The van der Waals surface area contributed by atoms with E-state index in [1.165, 1.54) is 16.6 Å². The van der Waals surface area contributed by atoms with E-state index in [1.807, 2.05) is 17.0 Å². The van der Waals surface area contributed by atoms with Gasteiger partial charge in [0.25, 0.3) is 5.56 Å². The zero-order valence-electron chi connectivity index (χ0n) is 23.6. The van der Waals surface area contributed by atoms with Gasteiger partial charge in [-0.2, -0.15) is 0 Å². The molecule has 0 unspecified atom stereocenters. The van der Waals surface area contributed by atoms with Gasteiger partial charge in [0.1, 0.15) is 22.9 Å². The van der Waals surface area contributed by atoms with Crippen LogP contribution in [0.1, 0.15) is 62.4 Å². The third-order valence-corrected chi connectivity index (χ3v) is 7.69. The van der Waals surface area contributed by atoms with Crippen molar-refractivity contribution >= 4 is 52.4 Å². The molecule has 214 valence electrons. The quantitative estimate of drug-likeness (QED) is 0.221. The molecule has 1 aliphatic rings. The van der Waals surface area contributed by atoms with Gasteiger partial charge < -0.3 is 14.5 Å². The molecule has 0 bridgehead atoms. The molecular formula is C29H36ClN5O4S. The summed E-state index contributed by atoms with van der Waals surface area (Å²) in [5.74, 6) is 0.138. The number of halogens is 1. The lowest BCUT2D eigenvalue weighted by Crippen LogP contribution is -2.50. The highest BCUT2D eigenvalue weighted by Crippen LogP contribution is 2.22. The molecule has 4 rings (SSSR count). The first kappa shape index (κ1) is 29.7. The monoisotopic (exact) mass is 585 g/mol. The largest absolute Gasteiger partial charge is 0.457 e. The fraction of sp³-hybridized carbons (Fsp3) is 0.483. The van der Waals surface area contributed by atoms with Gasteiger partial charge in [-0.1, -0.05) is 13.8 Å². The smallest absolute Gasteiger partial charge is 0.331 e. The molecule has 0 saturated carbocycles. The molecule has 1 fully saturated rings. The number of anilines is 1. The molecule has 0 spiro atoms. The van der Waals surface area contributed by atoms with E-state index in [1.54, 1.807) is 43.2 Å². The van der Waals surface area contributed by atoms with Gasteiger partial charge in [0.15, 0.2) is 0 Å². The molecule has 1 aliphatic heterocycles. The van der Waals surface area contributed by atoms with Gasteiger partial charge in [0, 0.05) is 50.3 Å². The lowest BCUT2D eigenvalue weighted by molar-refractivity contribution is -0.148. The average molecular weight is 586 g/mol. The Bertz CT molecular complexity index is 1470. The van der Waals surface area contributed by atoms with Crippen LogP contribution in [0, 0.1) is 0 Å². The number of rotatable bonds is 8. The van der Waals surface area contributed by atoms with Crippen LogP contribution in [0.15, 0.2) is 34.6 Å². The standard InChI is InChI=1S/C29H36ClN5O4S/c1-19(2)22-18-40-24(31-22)8-6-20-10-11-35-23(16-20)32-27(34-14-12-33(13-15-34)25(36)17-30)21(28(35)38)7-9-26(37)39-29(3,4)5/h7,9-11,16,18-19H,6,8,12-15,17H2,1-5H3. The first-order chi connectivity index (χ1) is 18.9. The van der Waals surface area contributed by atoms with E-state index in [0.717, 1.165) is 29.1 Å². The van der Waals surface area contributed by atoms with Crippen molar-refractivity contribution in [2.45, 2.75) is 59.0 Å². The number of aryl methyl sites for hydroxylation is 2. The number of carbonyl (C=O) groups is 2. The summed E-state index contributed by atoms with van der Waals surface area (Å²) in [6, 6.07) is 3.85. The zero-order chi connectivity index (χ0) is 29.0. The first-order valence-electron chi connectivity index (χ1n) is 13.4. The van der Waals surface area contributed by atoms with Crippen LogP contribution in [-0.4, -0.2) is 68.8 Å². The number of nitrogens with zero attached hydrogens (tertiary/aromatic N) is 5. The van der Waals surface area contributed by atoms with Crippen molar-refractivity contribution in [2.75, 3.05) is 37.0 Å². The molecule has 0 N–H and O–H groups in total. The van der Waals surface area contributed by atoms with E-state index in [4.69, 9.17) is 26.3 Å². The van der Waals surface area contributed by atoms with Gasteiger partial charge in [-0.25, -0.2) is 14.8 Å². The third-order valence-electron chi connectivity index (χ3n) is 6.54.